The van der Waals surface area contributed by atoms with Gasteiger partial charge in [-0.25, -0.2) is 0 Å². The molecule has 0 saturated heterocycles. The Hall–Kier alpha value is -3.22. The number of hydrogen-bond donors (Lipinski definition) is 2. The van der Waals surface area contributed by atoms with Crippen LogP contribution in [0, 0.1) is 17.0 Å². The number of rotatable bonds is 7. The van der Waals surface area contributed by atoms with Gasteiger partial charge in [-0.2, -0.15) is 0 Å². The summed E-state index contributed by atoms with van der Waals surface area (Å²) in [5, 5.41) is 17.3. The number of nitrogens with zero attached hydrogens (tertiary/aromatic N) is 1. The van der Waals surface area contributed by atoms with Gasteiger partial charge in [-0.1, -0.05) is 71.8 Å². The van der Waals surface area contributed by atoms with Crippen LogP contribution in [-0.2, 0) is 4.79 Å². The van der Waals surface area contributed by atoms with Crippen LogP contribution in [0.25, 0.3) is 0 Å². The quantitative estimate of drug-likeness (QED) is 0.430. The van der Waals surface area contributed by atoms with Gasteiger partial charge in [-0.3, -0.25) is 20.2 Å². The van der Waals surface area contributed by atoms with Crippen LogP contribution in [0.3, 0.4) is 0 Å². The average molecular weight is 410 g/mol. The maximum atomic E-state index is 12.5. The number of anilines is 1. The van der Waals surface area contributed by atoms with Crippen molar-refractivity contribution in [3.05, 3.63) is 105 Å². The highest BCUT2D eigenvalue weighted by Gasteiger charge is 2.18. The van der Waals surface area contributed by atoms with Crippen LogP contribution in [-0.4, -0.2) is 17.4 Å². The first-order valence-electron chi connectivity index (χ1n) is 9.03. The molecule has 3 aromatic rings. The van der Waals surface area contributed by atoms with Crippen molar-refractivity contribution in [2.75, 3.05) is 11.9 Å². The number of halogens is 1. The number of nitrogens with one attached hydrogen (secondary N) is 2. The zero-order valence-corrected chi connectivity index (χ0v) is 16.5. The fourth-order valence-corrected chi connectivity index (χ4v) is 3.16. The number of amides is 1. The lowest BCUT2D eigenvalue weighted by Gasteiger charge is -2.20. The SMILES string of the molecule is Cc1ccc([C@H](NCC(=O)Nc2cc(Cl)ccc2[N+](=O)[O-])c2ccccc2)cc1. The largest absolute Gasteiger partial charge is 0.319 e. The molecule has 1 atom stereocenters. The molecule has 0 aliphatic rings. The van der Waals surface area contributed by atoms with E-state index in [4.69, 9.17) is 11.6 Å². The van der Waals surface area contributed by atoms with Gasteiger partial charge in [0.1, 0.15) is 5.69 Å². The Balaban J connectivity index is 1.76. The van der Waals surface area contributed by atoms with Crippen LogP contribution in [0.1, 0.15) is 22.7 Å². The minimum absolute atomic E-state index is 0.0306. The molecule has 3 rings (SSSR count). The van der Waals surface area contributed by atoms with Gasteiger partial charge in [0.05, 0.1) is 17.5 Å². The molecular weight excluding hydrogens is 390 g/mol. The lowest BCUT2D eigenvalue weighted by atomic mass is 9.98. The third kappa shape index (κ3) is 5.40. The summed E-state index contributed by atoms with van der Waals surface area (Å²) in [7, 11) is 0. The maximum Gasteiger partial charge on any atom is 0.292 e. The maximum absolute atomic E-state index is 12.5. The topological polar surface area (TPSA) is 84.3 Å². The highest BCUT2D eigenvalue weighted by atomic mass is 35.5. The zero-order chi connectivity index (χ0) is 20.8. The average Bonchev–Trinajstić information content (AvgIpc) is 2.70. The third-order valence-corrected chi connectivity index (χ3v) is 4.67. The van der Waals surface area contributed by atoms with Crippen molar-refractivity contribution in [1.82, 2.24) is 5.32 Å². The molecule has 7 heteroatoms. The first-order chi connectivity index (χ1) is 13.9. The van der Waals surface area contributed by atoms with E-state index >= 15 is 0 Å². The first-order valence-corrected chi connectivity index (χ1v) is 9.40. The van der Waals surface area contributed by atoms with Crippen LogP contribution in [0.4, 0.5) is 11.4 Å². The monoisotopic (exact) mass is 409 g/mol. The lowest BCUT2D eigenvalue weighted by Crippen LogP contribution is -2.32. The predicted molar refractivity (Wildman–Crippen MR) is 114 cm³/mol. The molecule has 0 radical (unpaired) electrons. The molecular formula is C22H20ClN3O3. The second-order valence-corrected chi connectivity index (χ2v) is 7.04. The summed E-state index contributed by atoms with van der Waals surface area (Å²) in [5.41, 5.74) is 3.04. The third-order valence-electron chi connectivity index (χ3n) is 4.44. The number of hydrogen-bond acceptors (Lipinski definition) is 4. The van der Waals surface area contributed by atoms with E-state index in [0.717, 1.165) is 16.7 Å². The number of nitro benzene ring substituents is 1. The molecule has 0 spiro atoms. The molecule has 0 aliphatic heterocycles. The molecule has 0 aromatic heterocycles. The van der Waals surface area contributed by atoms with Gasteiger partial charge in [0.2, 0.25) is 5.91 Å². The summed E-state index contributed by atoms with van der Waals surface area (Å²) in [6.07, 6.45) is 0. The molecule has 3 aromatic carbocycles. The number of carbonyl (C=O) groups is 1. The predicted octanol–water partition coefficient (Wildman–Crippen LogP) is 4.87. The minimum atomic E-state index is -0.557. The number of carbonyl (C=O) groups excluding carboxylic acids is 1. The van der Waals surface area contributed by atoms with Gasteiger partial charge in [-0.15, -0.1) is 0 Å². The lowest BCUT2D eigenvalue weighted by molar-refractivity contribution is -0.383. The highest BCUT2D eigenvalue weighted by Crippen LogP contribution is 2.27. The van der Waals surface area contributed by atoms with Crippen molar-refractivity contribution < 1.29 is 9.72 Å². The smallest absolute Gasteiger partial charge is 0.292 e. The first kappa shape index (κ1) is 20.5. The Morgan fingerprint density at radius 3 is 2.34 bits per heavy atom. The summed E-state index contributed by atoms with van der Waals surface area (Å²) in [6, 6.07) is 21.7. The van der Waals surface area contributed by atoms with Crippen molar-refractivity contribution in [1.29, 1.82) is 0 Å². The van der Waals surface area contributed by atoms with E-state index in [1.54, 1.807) is 0 Å². The molecule has 0 heterocycles. The second kappa shape index (κ2) is 9.32. The van der Waals surface area contributed by atoms with Crippen molar-refractivity contribution in [2.24, 2.45) is 0 Å². The van der Waals surface area contributed by atoms with Crippen molar-refractivity contribution in [3.63, 3.8) is 0 Å². The van der Waals surface area contributed by atoms with Crippen LogP contribution in [0.2, 0.25) is 5.02 Å². The van der Waals surface area contributed by atoms with Gasteiger partial charge in [-0.05, 0) is 30.2 Å². The molecule has 0 bridgehead atoms. The van der Waals surface area contributed by atoms with E-state index in [0.29, 0.717) is 5.02 Å². The Morgan fingerprint density at radius 1 is 1.03 bits per heavy atom. The zero-order valence-electron chi connectivity index (χ0n) is 15.8. The second-order valence-electron chi connectivity index (χ2n) is 6.60. The summed E-state index contributed by atoms with van der Waals surface area (Å²) >= 11 is 5.92. The van der Waals surface area contributed by atoms with Crippen molar-refractivity contribution in [3.8, 4) is 0 Å². The molecule has 0 fully saturated rings. The van der Waals surface area contributed by atoms with E-state index < -0.39 is 10.8 Å². The minimum Gasteiger partial charge on any atom is -0.319 e. The number of nitro groups is 1. The van der Waals surface area contributed by atoms with E-state index in [1.807, 2.05) is 61.5 Å². The highest BCUT2D eigenvalue weighted by molar-refractivity contribution is 6.31. The molecule has 29 heavy (non-hydrogen) atoms. The van der Waals surface area contributed by atoms with Crippen LogP contribution in [0.5, 0.6) is 0 Å². The standard InChI is InChI=1S/C22H20ClN3O3/c1-15-7-9-17(10-8-15)22(16-5-3-2-4-6-16)24-14-21(27)25-19-13-18(23)11-12-20(19)26(28)29/h2-13,22,24H,14H2,1H3,(H,25,27)/t22-/m1/s1. The Bertz CT molecular complexity index is 1010. The number of aryl methyl sites for hydroxylation is 1. The summed E-state index contributed by atoms with van der Waals surface area (Å²) in [4.78, 5) is 23.1. The van der Waals surface area contributed by atoms with Crippen molar-refractivity contribution >= 4 is 28.9 Å². The summed E-state index contributed by atoms with van der Waals surface area (Å²) in [5.74, 6) is -0.400. The molecule has 0 saturated carbocycles. The van der Waals surface area contributed by atoms with E-state index in [1.165, 1.54) is 18.2 Å². The van der Waals surface area contributed by atoms with Gasteiger partial charge < -0.3 is 5.32 Å². The van der Waals surface area contributed by atoms with E-state index in [-0.39, 0.29) is 24.0 Å². The Morgan fingerprint density at radius 2 is 1.69 bits per heavy atom. The van der Waals surface area contributed by atoms with E-state index in [2.05, 4.69) is 10.6 Å². The van der Waals surface area contributed by atoms with Gasteiger partial charge in [0.15, 0.2) is 0 Å². The summed E-state index contributed by atoms with van der Waals surface area (Å²) < 4.78 is 0. The van der Waals surface area contributed by atoms with Gasteiger partial charge in [0.25, 0.3) is 5.69 Å². The van der Waals surface area contributed by atoms with E-state index in [9.17, 15) is 14.9 Å². The fourth-order valence-electron chi connectivity index (χ4n) is 2.99. The molecule has 2 N–H and O–H groups in total. The Labute approximate surface area is 173 Å². The van der Waals surface area contributed by atoms with Crippen molar-refractivity contribution in [2.45, 2.75) is 13.0 Å². The molecule has 6 nitrogen and oxygen atoms in total. The van der Waals surface area contributed by atoms with Crippen LogP contribution < -0.4 is 10.6 Å². The van der Waals surface area contributed by atoms with Crippen LogP contribution >= 0.6 is 11.6 Å². The van der Waals surface area contributed by atoms with Crippen LogP contribution in [0.15, 0.2) is 72.8 Å². The normalized spacial score (nSPS) is 11.7. The Kier molecular flexibility index (Phi) is 6.59. The molecule has 1 amide bonds. The van der Waals surface area contributed by atoms with Gasteiger partial charge in [0, 0.05) is 11.1 Å². The molecule has 0 unspecified atom stereocenters. The van der Waals surface area contributed by atoms with Gasteiger partial charge >= 0.3 is 0 Å². The number of benzene rings is 3. The fraction of sp³-hybridized carbons (Fsp3) is 0.136. The summed E-state index contributed by atoms with van der Waals surface area (Å²) in [6.45, 7) is 1.98. The molecule has 148 valence electrons. The molecule has 0 aliphatic carbocycles.